The van der Waals surface area contributed by atoms with Crippen molar-refractivity contribution >= 4 is 45.4 Å². The largest absolute Gasteiger partial charge is 0.422 e. The number of hydrogen-bond donors (Lipinski definition) is 0. The highest BCUT2D eigenvalue weighted by molar-refractivity contribution is 9.10. The van der Waals surface area contributed by atoms with Gasteiger partial charge in [-0.15, -0.1) is 0 Å². The molecule has 2 bridgehead atoms. The molecule has 1 aromatic carbocycles. The van der Waals surface area contributed by atoms with Crippen LogP contribution in [-0.4, -0.2) is 41.7 Å². The van der Waals surface area contributed by atoms with E-state index in [1.54, 1.807) is 36.4 Å². The number of esters is 2. The van der Waals surface area contributed by atoms with Crippen LogP contribution in [0.3, 0.4) is 0 Å². The first-order valence-corrected chi connectivity index (χ1v) is 9.39. The molecular formula is C19H16BrNO7. The topological polar surface area (TPSA) is 99.2 Å². The minimum absolute atomic E-state index is 0.414. The van der Waals surface area contributed by atoms with Crippen LogP contribution in [0.5, 0.6) is 0 Å². The average Bonchev–Trinajstić information content (AvgIpc) is 3.26. The summed E-state index contributed by atoms with van der Waals surface area (Å²) in [4.78, 5) is 50.7. The third-order valence-corrected chi connectivity index (χ3v) is 5.76. The van der Waals surface area contributed by atoms with Gasteiger partial charge >= 0.3 is 11.9 Å². The van der Waals surface area contributed by atoms with Gasteiger partial charge < -0.3 is 14.2 Å². The van der Waals surface area contributed by atoms with Crippen molar-refractivity contribution in [2.45, 2.75) is 31.8 Å². The van der Waals surface area contributed by atoms with Crippen molar-refractivity contribution in [2.75, 3.05) is 4.90 Å². The molecule has 2 amide bonds. The van der Waals surface area contributed by atoms with E-state index < -0.39 is 53.6 Å². The number of halogens is 1. The highest BCUT2D eigenvalue weighted by Gasteiger charge is 2.72. The van der Waals surface area contributed by atoms with Gasteiger partial charge in [-0.3, -0.25) is 19.2 Å². The second-order valence-corrected chi connectivity index (χ2v) is 7.67. The van der Waals surface area contributed by atoms with Gasteiger partial charge in [-0.2, -0.15) is 0 Å². The van der Waals surface area contributed by atoms with Crippen LogP contribution in [0.4, 0.5) is 5.69 Å². The minimum Gasteiger partial charge on any atom is -0.422 e. The predicted octanol–water partition coefficient (Wildman–Crippen LogP) is 1.71. The van der Waals surface area contributed by atoms with Gasteiger partial charge in [-0.1, -0.05) is 18.2 Å². The second-order valence-electron chi connectivity index (χ2n) is 6.81. The molecule has 8 nitrogen and oxygen atoms in total. The zero-order valence-corrected chi connectivity index (χ0v) is 16.5. The van der Waals surface area contributed by atoms with Crippen LogP contribution in [0.15, 0.2) is 40.9 Å². The molecule has 0 saturated carbocycles. The van der Waals surface area contributed by atoms with Gasteiger partial charge in [0.05, 0.1) is 23.6 Å². The highest BCUT2D eigenvalue weighted by atomic mass is 79.9. The van der Waals surface area contributed by atoms with Gasteiger partial charge in [0, 0.05) is 18.3 Å². The molecule has 146 valence electrons. The number of carbonyl (C=O) groups excluding carboxylic acids is 4. The van der Waals surface area contributed by atoms with Crippen molar-refractivity contribution in [1.29, 1.82) is 0 Å². The number of anilines is 1. The summed E-state index contributed by atoms with van der Waals surface area (Å²) < 4.78 is 16.8. The zero-order chi connectivity index (χ0) is 20.2. The summed E-state index contributed by atoms with van der Waals surface area (Å²) in [6.45, 7) is 2.31. The number of ether oxygens (including phenoxy) is 3. The Morgan fingerprint density at radius 2 is 1.79 bits per heavy atom. The van der Waals surface area contributed by atoms with E-state index >= 15 is 0 Å². The van der Waals surface area contributed by atoms with Crippen LogP contribution in [0, 0.1) is 11.8 Å². The normalized spacial score (nSPS) is 30.1. The van der Waals surface area contributed by atoms with Crippen LogP contribution in [-0.2, 0) is 33.4 Å². The Labute approximate surface area is 168 Å². The van der Waals surface area contributed by atoms with Crippen LogP contribution in [0.25, 0.3) is 0 Å². The summed E-state index contributed by atoms with van der Waals surface area (Å²) in [6, 6.07) is 6.87. The fraction of sp³-hybridized carbons (Fsp3) is 0.368. The van der Waals surface area contributed by atoms with E-state index in [2.05, 4.69) is 15.9 Å². The minimum atomic E-state index is -1.55. The van der Waals surface area contributed by atoms with Crippen molar-refractivity contribution in [3.05, 3.63) is 40.9 Å². The van der Waals surface area contributed by atoms with Crippen LogP contribution < -0.4 is 4.90 Å². The highest BCUT2D eigenvalue weighted by Crippen LogP contribution is 2.55. The monoisotopic (exact) mass is 449 g/mol. The molecule has 0 unspecified atom stereocenters. The van der Waals surface area contributed by atoms with E-state index in [0.29, 0.717) is 10.2 Å². The van der Waals surface area contributed by atoms with Gasteiger partial charge in [-0.05, 0) is 34.1 Å². The number of nitrogens with zero attached hydrogens (tertiary/aromatic N) is 1. The number of fused-ring (bicyclic) bond motifs is 5. The first-order chi connectivity index (χ1) is 13.3. The molecule has 2 fully saturated rings. The Morgan fingerprint density at radius 1 is 1.14 bits per heavy atom. The van der Waals surface area contributed by atoms with Crippen LogP contribution >= 0.6 is 15.9 Å². The maximum atomic E-state index is 13.3. The van der Waals surface area contributed by atoms with Crippen molar-refractivity contribution in [1.82, 2.24) is 0 Å². The molecule has 28 heavy (non-hydrogen) atoms. The Kier molecular flexibility index (Phi) is 4.39. The molecule has 3 heterocycles. The number of carbonyl (C=O) groups is 4. The van der Waals surface area contributed by atoms with Crippen LogP contribution in [0.2, 0.25) is 0 Å². The average molecular weight is 450 g/mol. The summed E-state index contributed by atoms with van der Waals surface area (Å²) >= 11 is 3.36. The van der Waals surface area contributed by atoms with Crippen LogP contribution in [0.1, 0.15) is 13.8 Å². The standard InChI is InChI=1S/C19H16BrNO7/c1-9(22)26-18(27-10(2)23)19-8-7-13(28-19)14-15(19)17(25)21(16(14)24)12-6-4-3-5-11(12)20/h3-8,13-15,18H,1-2H3/t13-,14-,15+,19+/m1/s1. The second kappa shape index (κ2) is 6.52. The Hall–Kier alpha value is -2.52. The first-order valence-electron chi connectivity index (χ1n) is 8.60. The fourth-order valence-electron chi connectivity index (χ4n) is 4.09. The van der Waals surface area contributed by atoms with Crippen molar-refractivity contribution in [3.63, 3.8) is 0 Å². The van der Waals surface area contributed by atoms with Crippen molar-refractivity contribution < 1.29 is 33.4 Å². The molecule has 3 aliphatic rings. The molecule has 0 aromatic heterocycles. The third-order valence-electron chi connectivity index (χ3n) is 5.09. The lowest BCUT2D eigenvalue weighted by Crippen LogP contribution is -2.52. The molecule has 0 N–H and O–H groups in total. The Morgan fingerprint density at radius 3 is 2.39 bits per heavy atom. The summed E-state index contributed by atoms with van der Waals surface area (Å²) in [7, 11) is 0. The van der Waals surface area contributed by atoms with Crippen molar-refractivity contribution in [3.8, 4) is 0 Å². The molecule has 4 rings (SSSR count). The third kappa shape index (κ3) is 2.61. The quantitative estimate of drug-likeness (QED) is 0.298. The number of rotatable bonds is 4. The zero-order valence-electron chi connectivity index (χ0n) is 15.0. The molecule has 0 spiro atoms. The van der Waals surface area contributed by atoms with Gasteiger partial charge in [-0.25, -0.2) is 4.90 Å². The predicted molar refractivity (Wildman–Crippen MR) is 97.7 cm³/mol. The fourth-order valence-corrected chi connectivity index (χ4v) is 4.55. The maximum absolute atomic E-state index is 13.3. The van der Waals surface area contributed by atoms with E-state index in [1.165, 1.54) is 0 Å². The molecule has 1 aromatic rings. The number of benzene rings is 1. The van der Waals surface area contributed by atoms with Gasteiger partial charge in [0.15, 0.2) is 5.60 Å². The number of amides is 2. The molecule has 4 atom stereocenters. The van der Waals surface area contributed by atoms with Gasteiger partial charge in [0.2, 0.25) is 11.8 Å². The summed E-state index contributed by atoms with van der Waals surface area (Å²) in [5.74, 6) is -4.10. The van der Waals surface area contributed by atoms with Gasteiger partial charge in [0.1, 0.15) is 0 Å². The SMILES string of the molecule is CC(=O)OC(OC(C)=O)[C@@]12C=C[C@@H](O1)[C@H]1C(=O)N(c3ccccc3Br)C(=O)[C@H]12. The lowest BCUT2D eigenvalue weighted by Gasteiger charge is -2.34. The molecular weight excluding hydrogens is 434 g/mol. The number of para-hydroxylation sites is 1. The smallest absolute Gasteiger partial charge is 0.305 e. The Bertz CT molecular complexity index is 913. The summed E-state index contributed by atoms with van der Waals surface area (Å²) in [5, 5.41) is 0. The molecule has 0 radical (unpaired) electrons. The molecule has 0 aliphatic carbocycles. The van der Waals surface area contributed by atoms with E-state index in [0.717, 1.165) is 18.7 Å². The number of imide groups is 1. The summed E-state index contributed by atoms with van der Waals surface area (Å²) in [5.41, 5.74) is -1.13. The first kappa shape index (κ1) is 18.8. The maximum Gasteiger partial charge on any atom is 0.305 e. The molecule has 9 heteroatoms. The van der Waals surface area contributed by atoms with E-state index in [9.17, 15) is 19.2 Å². The van der Waals surface area contributed by atoms with Crippen molar-refractivity contribution in [2.24, 2.45) is 11.8 Å². The lowest BCUT2D eigenvalue weighted by atomic mass is 9.76. The Balaban J connectivity index is 1.77. The number of hydrogen-bond acceptors (Lipinski definition) is 7. The molecule has 3 aliphatic heterocycles. The lowest BCUT2D eigenvalue weighted by molar-refractivity contribution is -0.226. The van der Waals surface area contributed by atoms with E-state index in [4.69, 9.17) is 14.2 Å². The van der Waals surface area contributed by atoms with Gasteiger partial charge in [0.25, 0.3) is 6.29 Å². The van der Waals surface area contributed by atoms with E-state index in [-0.39, 0.29) is 0 Å². The molecule has 2 saturated heterocycles. The summed E-state index contributed by atoms with van der Waals surface area (Å²) in [6.07, 6.45) is 1.03. The van der Waals surface area contributed by atoms with E-state index in [1.807, 2.05) is 0 Å².